The topological polar surface area (TPSA) is 0 Å². The summed E-state index contributed by atoms with van der Waals surface area (Å²) in [6, 6.07) is 0. The predicted octanol–water partition coefficient (Wildman–Crippen LogP) is 3.25. The molecule has 0 rings (SSSR count). The standard InChI is InChI=1S/C10H14/c1-9(2)7-5-6-8-10(3)4/h5-8H,1,3H2,2,4H3. The van der Waals surface area contributed by atoms with Gasteiger partial charge in [-0.15, -0.1) is 0 Å². The zero-order valence-electron chi connectivity index (χ0n) is 6.72. The molecule has 0 amide bonds. The molecule has 0 heteroatoms. The molecule has 0 radical (unpaired) electrons. The Hall–Kier alpha value is -1.04. The lowest BCUT2D eigenvalue weighted by Crippen LogP contribution is -1.60. The van der Waals surface area contributed by atoms with E-state index >= 15 is 0 Å². The van der Waals surface area contributed by atoms with E-state index < -0.39 is 0 Å². The normalized spacial score (nSPS) is 11.0. The molecule has 0 nitrogen and oxygen atoms in total. The van der Waals surface area contributed by atoms with Crippen LogP contribution < -0.4 is 0 Å². The fraction of sp³-hybridized carbons (Fsp3) is 0.200. The van der Waals surface area contributed by atoms with E-state index in [-0.39, 0.29) is 0 Å². The molecule has 0 bridgehead atoms. The fourth-order valence-corrected chi connectivity index (χ4v) is 0.440. The zero-order valence-corrected chi connectivity index (χ0v) is 6.72. The van der Waals surface area contributed by atoms with Crippen LogP contribution in [-0.2, 0) is 0 Å². The molecule has 0 aliphatic carbocycles. The summed E-state index contributed by atoms with van der Waals surface area (Å²) in [5.74, 6) is 0. The number of hydrogen-bond acceptors (Lipinski definition) is 0. The summed E-state index contributed by atoms with van der Waals surface area (Å²) < 4.78 is 0. The molecule has 0 atom stereocenters. The van der Waals surface area contributed by atoms with Gasteiger partial charge in [0.2, 0.25) is 0 Å². The van der Waals surface area contributed by atoms with Gasteiger partial charge in [-0.25, -0.2) is 0 Å². The smallest absolute Gasteiger partial charge is 0.0404 e. The largest absolute Gasteiger partial charge is 0.0961 e. The van der Waals surface area contributed by atoms with Gasteiger partial charge in [0, 0.05) is 0 Å². The molecular formula is C10H14. The van der Waals surface area contributed by atoms with E-state index in [1.807, 2.05) is 38.2 Å². The van der Waals surface area contributed by atoms with Crippen LogP contribution in [0, 0.1) is 0 Å². The van der Waals surface area contributed by atoms with Crippen molar-refractivity contribution in [2.24, 2.45) is 0 Å². The van der Waals surface area contributed by atoms with Crippen LogP contribution in [0.2, 0.25) is 0 Å². The van der Waals surface area contributed by atoms with Crippen molar-refractivity contribution < 1.29 is 0 Å². The van der Waals surface area contributed by atoms with Gasteiger partial charge in [0.25, 0.3) is 0 Å². The van der Waals surface area contributed by atoms with Crippen molar-refractivity contribution in [1.29, 1.82) is 0 Å². The maximum atomic E-state index is 3.73. The van der Waals surface area contributed by atoms with Gasteiger partial charge in [0.1, 0.15) is 0 Å². The molecule has 0 saturated heterocycles. The third-order valence-electron chi connectivity index (χ3n) is 0.873. The Labute approximate surface area is 63.3 Å². The summed E-state index contributed by atoms with van der Waals surface area (Å²) in [7, 11) is 0. The molecule has 0 aromatic carbocycles. The SMILES string of the molecule is C=C(C)C=CC=CC(=C)C. The van der Waals surface area contributed by atoms with Crippen molar-refractivity contribution in [3.8, 4) is 0 Å². The average molecular weight is 134 g/mol. The minimum absolute atomic E-state index is 1.06. The average Bonchev–Trinajstić information content (AvgIpc) is 1.79. The molecular weight excluding hydrogens is 120 g/mol. The van der Waals surface area contributed by atoms with Crippen LogP contribution >= 0.6 is 0 Å². The summed E-state index contributed by atoms with van der Waals surface area (Å²) in [5.41, 5.74) is 2.12. The molecule has 0 fully saturated rings. The lowest BCUT2D eigenvalue weighted by atomic mass is 10.3. The van der Waals surface area contributed by atoms with E-state index in [1.54, 1.807) is 0 Å². The Kier molecular flexibility index (Phi) is 4.30. The Bertz CT molecular complexity index is 158. The highest BCUT2D eigenvalue weighted by Crippen LogP contribution is 1.92. The molecule has 0 saturated carbocycles. The first-order valence-electron chi connectivity index (χ1n) is 3.28. The summed E-state index contributed by atoms with van der Waals surface area (Å²) >= 11 is 0. The highest BCUT2D eigenvalue weighted by atomic mass is 13.8. The molecule has 0 aromatic rings. The van der Waals surface area contributed by atoms with Gasteiger partial charge in [0.15, 0.2) is 0 Å². The third kappa shape index (κ3) is 6.96. The van der Waals surface area contributed by atoms with Gasteiger partial charge < -0.3 is 0 Å². The first-order valence-corrected chi connectivity index (χ1v) is 3.28. The van der Waals surface area contributed by atoms with Crippen LogP contribution in [0.1, 0.15) is 13.8 Å². The Morgan fingerprint density at radius 3 is 1.40 bits per heavy atom. The lowest BCUT2D eigenvalue weighted by Gasteiger charge is -1.82. The molecule has 0 N–H and O–H groups in total. The van der Waals surface area contributed by atoms with Crippen molar-refractivity contribution in [2.45, 2.75) is 13.8 Å². The molecule has 0 unspecified atom stereocenters. The Morgan fingerprint density at radius 2 is 1.20 bits per heavy atom. The van der Waals surface area contributed by atoms with Crippen LogP contribution in [0.5, 0.6) is 0 Å². The van der Waals surface area contributed by atoms with Gasteiger partial charge in [-0.05, 0) is 13.8 Å². The van der Waals surface area contributed by atoms with Crippen molar-refractivity contribution in [2.75, 3.05) is 0 Å². The van der Waals surface area contributed by atoms with E-state index in [9.17, 15) is 0 Å². The Morgan fingerprint density at radius 1 is 0.900 bits per heavy atom. The third-order valence-corrected chi connectivity index (χ3v) is 0.873. The molecule has 54 valence electrons. The second-order valence-corrected chi connectivity index (χ2v) is 2.41. The van der Waals surface area contributed by atoms with Gasteiger partial charge in [-0.2, -0.15) is 0 Å². The zero-order chi connectivity index (χ0) is 7.98. The maximum Gasteiger partial charge on any atom is -0.0404 e. The lowest BCUT2D eigenvalue weighted by molar-refractivity contribution is 1.54. The van der Waals surface area contributed by atoms with Crippen LogP contribution in [-0.4, -0.2) is 0 Å². The van der Waals surface area contributed by atoms with Crippen molar-refractivity contribution in [3.05, 3.63) is 48.6 Å². The summed E-state index contributed by atoms with van der Waals surface area (Å²) in [6.45, 7) is 11.4. The monoisotopic (exact) mass is 134 g/mol. The summed E-state index contributed by atoms with van der Waals surface area (Å²) in [4.78, 5) is 0. The van der Waals surface area contributed by atoms with Crippen molar-refractivity contribution in [1.82, 2.24) is 0 Å². The van der Waals surface area contributed by atoms with E-state index in [4.69, 9.17) is 0 Å². The first-order chi connectivity index (χ1) is 4.63. The summed E-state index contributed by atoms with van der Waals surface area (Å²) in [5, 5.41) is 0. The predicted molar refractivity (Wildman–Crippen MR) is 47.9 cm³/mol. The van der Waals surface area contributed by atoms with Crippen molar-refractivity contribution in [3.63, 3.8) is 0 Å². The number of rotatable bonds is 3. The minimum atomic E-state index is 1.06. The van der Waals surface area contributed by atoms with Crippen LogP contribution in [0.25, 0.3) is 0 Å². The maximum absolute atomic E-state index is 3.73. The molecule has 0 aliphatic heterocycles. The second-order valence-electron chi connectivity index (χ2n) is 2.41. The highest BCUT2D eigenvalue weighted by molar-refractivity contribution is 5.21. The Balaban J connectivity index is 3.73. The molecule has 0 aliphatic rings. The van der Waals surface area contributed by atoms with Crippen LogP contribution in [0.4, 0.5) is 0 Å². The highest BCUT2D eigenvalue weighted by Gasteiger charge is 1.71. The first kappa shape index (κ1) is 8.96. The van der Waals surface area contributed by atoms with Gasteiger partial charge in [-0.3, -0.25) is 0 Å². The molecule has 0 aromatic heterocycles. The van der Waals surface area contributed by atoms with E-state index in [0.29, 0.717) is 0 Å². The number of hydrogen-bond donors (Lipinski definition) is 0. The second kappa shape index (κ2) is 4.80. The van der Waals surface area contributed by atoms with Gasteiger partial charge in [-0.1, -0.05) is 48.6 Å². The van der Waals surface area contributed by atoms with Crippen LogP contribution in [0.3, 0.4) is 0 Å². The number of allylic oxidation sites excluding steroid dienone is 6. The van der Waals surface area contributed by atoms with E-state index in [2.05, 4.69) is 13.2 Å². The van der Waals surface area contributed by atoms with E-state index in [1.165, 1.54) is 0 Å². The van der Waals surface area contributed by atoms with Gasteiger partial charge >= 0.3 is 0 Å². The molecule has 0 heterocycles. The quantitative estimate of drug-likeness (QED) is 0.520. The molecule has 10 heavy (non-hydrogen) atoms. The van der Waals surface area contributed by atoms with E-state index in [0.717, 1.165) is 11.1 Å². The summed E-state index contributed by atoms with van der Waals surface area (Å²) in [6.07, 6.45) is 7.83. The molecule has 0 spiro atoms. The minimum Gasteiger partial charge on any atom is -0.0961 e. The van der Waals surface area contributed by atoms with Crippen LogP contribution in [0.15, 0.2) is 48.6 Å². The fourth-order valence-electron chi connectivity index (χ4n) is 0.440. The van der Waals surface area contributed by atoms with Crippen molar-refractivity contribution >= 4 is 0 Å². The van der Waals surface area contributed by atoms with Gasteiger partial charge in [0.05, 0.1) is 0 Å².